The van der Waals surface area contributed by atoms with Crippen LogP contribution in [0.15, 0.2) is 29.2 Å². The third-order valence-corrected chi connectivity index (χ3v) is 5.73. The Morgan fingerprint density at radius 1 is 1.05 bits per heavy atom. The van der Waals surface area contributed by atoms with Crippen LogP contribution in [0.4, 0.5) is 0 Å². The van der Waals surface area contributed by atoms with Gasteiger partial charge in [0.2, 0.25) is 0 Å². The van der Waals surface area contributed by atoms with Crippen LogP contribution >= 0.6 is 0 Å². The van der Waals surface area contributed by atoms with Gasteiger partial charge in [0, 0.05) is 12.0 Å². The van der Waals surface area contributed by atoms with Gasteiger partial charge in [0.05, 0.1) is 10.6 Å². The maximum absolute atomic E-state index is 11.9. The first-order chi connectivity index (χ1) is 9.83. The van der Waals surface area contributed by atoms with Crippen LogP contribution in [-0.4, -0.2) is 26.8 Å². The van der Waals surface area contributed by atoms with Gasteiger partial charge in [0.1, 0.15) is 0 Å². The highest BCUT2D eigenvalue weighted by atomic mass is 32.2. The molecule has 2 unspecified atom stereocenters. The van der Waals surface area contributed by atoms with Crippen molar-refractivity contribution in [1.29, 1.82) is 0 Å². The van der Waals surface area contributed by atoms with E-state index in [4.69, 9.17) is 0 Å². The van der Waals surface area contributed by atoms with Gasteiger partial charge in [-0.05, 0) is 43.5 Å². The van der Waals surface area contributed by atoms with E-state index in [0.717, 1.165) is 13.0 Å². The first kappa shape index (κ1) is 18.2. The summed E-state index contributed by atoms with van der Waals surface area (Å²) >= 11 is 0. The molecule has 2 atom stereocenters. The lowest BCUT2D eigenvalue weighted by Crippen LogP contribution is -2.35. The number of nitrogens with one attached hydrogen (secondary N) is 1. The molecule has 0 aliphatic carbocycles. The molecule has 0 aliphatic heterocycles. The van der Waals surface area contributed by atoms with Gasteiger partial charge in [-0.15, -0.1) is 0 Å². The van der Waals surface area contributed by atoms with Gasteiger partial charge in [-0.3, -0.25) is 0 Å². The zero-order chi connectivity index (χ0) is 16.0. The molecule has 0 aliphatic rings. The summed E-state index contributed by atoms with van der Waals surface area (Å²) in [5.41, 5.74) is 1.20. The van der Waals surface area contributed by atoms with Crippen molar-refractivity contribution in [2.24, 2.45) is 5.92 Å². The predicted molar refractivity (Wildman–Crippen MR) is 89.5 cm³/mol. The van der Waals surface area contributed by atoms with Crippen LogP contribution < -0.4 is 5.32 Å². The van der Waals surface area contributed by atoms with E-state index in [0.29, 0.717) is 22.8 Å². The van der Waals surface area contributed by atoms with E-state index < -0.39 is 9.84 Å². The summed E-state index contributed by atoms with van der Waals surface area (Å²) in [4.78, 5) is 0.422. The minimum Gasteiger partial charge on any atom is -0.314 e. The quantitative estimate of drug-likeness (QED) is 0.798. The monoisotopic (exact) mass is 311 g/mol. The number of rotatable bonds is 8. The van der Waals surface area contributed by atoms with E-state index in [9.17, 15) is 8.42 Å². The number of benzene rings is 1. The van der Waals surface area contributed by atoms with Gasteiger partial charge in [0.25, 0.3) is 0 Å². The van der Waals surface area contributed by atoms with E-state index in [2.05, 4.69) is 33.0 Å². The summed E-state index contributed by atoms with van der Waals surface area (Å²) in [5.74, 6) is 1.03. The lowest BCUT2D eigenvalue weighted by molar-refractivity contribution is 0.377. The largest absolute Gasteiger partial charge is 0.314 e. The summed E-state index contributed by atoms with van der Waals surface area (Å²) in [6, 6.07) is 7.81. The summed E-state index contributed by atoms with van der Waals surface area (Å²) in [5, 5.41) is 3.55. The molecule has 4 heteroatoms. The standard InChI is InChI=1S/C17H29NO2S/c1-6-12-18-14(5)17(13(3)4)15-8-10-16(11-9-15)21(19,20)7-2/h8-11,13-14,17-18H,6-7,12H2,1-5H3. The highest BCUT2D eigenvalue weighted by molar-refractivity contribution is 7.91. The van der Waals surface area contributed by atoms with Crippen LogP contribution in [0.1, 0.15) is 52.5 Å². The van der Waals surface area contributed by atoms with Crippen LogP contribution in [0.5, 0.6) is 0 Å². The SMILES string of the molecule is CCCNC(C)C(c1ccc(S(=O)(=O)CC)cc1)C(C)C. The first-order valence-electron chi connectivity index (χ1n) is 7.89. The lowest BCUT2D eigenvalue weighted by atomic mass is 9.83. The lowest BCUT2D eigenvalue weighted by Gasteiger charge is -2.29. The van der Waals surface area contributed by atoms with E-state index in [-0.39, 0.29) is 5.75 Å². The second kappa shape index (κ2) is 7.95. The number of hydrogen-bond donors (Lipinski definition) is 1. The molecule has 0 heterocycles. The fraction of sp³-hybridized carbons (Fsp3) is 0.647. The molecule has 1 rings (SSSR count). The maximum Gasteiger partial charge on any atom is 0.178 e. The van der Waals surface area contributed by atoms with E-state index in [1.165, 1.54) is 5.56 Å². The van der Waals surface area contributed by atoms with Gasteiger partial charge in [-0.1, -0.05) is 39.8 Å². The van der Waals surface area contributed by atoms with Crippen LogP contribution in [0.25, 0.3) is 0 Å². The third-order valence-electron chi connectivity index (χ3n) is 3.98. The van der Waals surface area contributed by atoms with Crippen LogP contribution in [0, 0.1) is 5.92 Å². The highest BCUT2D eigenvalue weighted by Gasteiger charge is 2.23. The van der Waals surface area contributed by atoms with Crippen molar-refractivity contribution in [1.82, 2.24) is 5.32 Å². The summed E-state index contributed by atoms with van der Waals surface area (Å²) in [6.45, 7) is 11.5. The molecular formula is C17H29NO2S. The summed E-state index contributed by atoms with van der Waals surface area (Å²) < 4.78 is 23.8. The van der Waals surface area contributed by atoms with Crippen molar-refractivity contribution in [3.05, 3.63) is 29.8 Å². The molecule has 21 heavy (non-hydrogen) atoms. The van der Waals surface area contributed by atoms with Gasteiger partial charge < -0.3 is 5.32 Å². The molecule has 0 fully saturated rings. The average molecular weight is 311 g/mol. The van der Waals surface area contributed by atoms with Crippen LogP contribution in [-0.2, 0) is 9.84 Å². The smallest absolute Gasteiger partial charge is 0.178 e. The Bertz CT molecular complexity index is 520. The second-order valence-electron chi connectivity index (χ2n) is 5.99. The van der Waals surface area contributed by atoms with E-state index in [1.54, 1.807) is 19.1 Å². The van der Waals surface area contributed by atoms with Gasteiger partial charge >= 0.3 is 0 Å². The molecule has 0 saturated heterocycles. The minimum atomic E-state index is -3.11. The van der Waals surface area contributed by atoms with Crippen molar-refractivity contribution in [2.45, 2.75) is 57.9 Å². The Hall–Kier alpha value is -0.870. The molecule has 0 amide bonds. The molecular weight excluding hydrogens is 282 g/mol. The van der Waals surface area contributed by atoms with Gasteiger partial charge in [0.15, 0.2) is 9.84 Å². The molecule has 0 saturated carbocycles. The van der Waals surface area contributed by atoms with Gasteiger partial charge in [-0.25, -0.2) is 8.42 Å². The Morgan fingerprint density at radius 3 is 2.05 bits per heavy atom. The predicted octanol–water partition coefficient (Wildman–Crippen LogP) is 3.61. The molecule has 120 valence electrons. The van der Waals surface area contributed by atoms with Crippen molar-refractivity contribution in [2.75, 3.05) is 12.3 Å². The Labute approximate surface area is 130 Å². The molecule has 3 nitrogen and oxygen atoms in total. The zero-order valence-electron chi connectivity index (χ0n) is 13.9. The topological polar surface area (TPSA) is 46.2 Å². The van der Waals surface area contributed by atoms with Crippen molar-refractivity contribution < 1.29 is 8.42 Å². The zero-order valence-corrected chi connectivity index (χ0v) is 14.7. The number of sulfone groups is 1. The Balaban J connectivity index is 3.00. The Kier molecular flexibility index (Phi) is 6.88. The normalized spacial score (nSPS) is 15.1. The third kappa shape index (κ3) is 4.82. The molecule has 0 aromatic heterocycles. The van der Waals surface area contributed by atoms with Crippen LogP contribution in [0.2, 0.25) is 0 Å². The molecule has 1 aromatic rings. The minimum absolute atomic E-state index is 0.147. The summed E-state index contributed by atoms with van der Waals surface area (Å²) in [6.07, 6.45) is 1.11. The van der Waals surface area contributed by atoms with E-state index in [1.807, 2.05) is 12.1 Å². The molecule has 1 aromatic carbocycles. The molecule has 0 bridgehead atoms. The fourth-order valence-corrected chi connectivity index (χ4v) is 3.70. The maximum atomic E-state index is 11.9. The first-order valence-corrected chi connectivity index (χ1v) is 9.54. The highest BCUT2D eigenvalue weighted by Crippen LogP contribution is 2.29. The Morgan fingerprint density at radius 2 is 1.62 bits per heavy atom. The summed E-state index contributed by atoms with van der Waals surface area (Å²) in [7, 11) is -3.11. The van der Waals surface area contributed by atoms with Crippen LogP contribution in [0.3, 0.4) is 0 Å². The molecule has 0 spiro atoms. The number of hydrogen-bond acceptors (Lipinski definition) is 3. The molecule has 0 radical (unpaired) electrons. The van der Waals surface area contributed by atoms with Crippen molar-refractivity contribution >= 4 is 9.84 Å². The molecule has 1 N–H and O–H groups in total. The average Bonchev–Trinajstić information content (AvgIpc) is 2.45. The van der Waals surface area contributed by atoms with E-state index >= 15 is 0 Å². The van der Waals surface area contributed by atoms with Crippen molar-refractivity contribution in [3.8, 4) is 0 Å². The van der Waals surface area contributed by atoms with Gasteiger partial charge in [-0.2, -0.15) is 0 Å². The fourth-order valence-electron chi connectivity index (χ4n) is 2.81. The van der Waals surface area contributed by atoms with Crippen molar-refractivity contribution in [3.63, 3.8) is 0 Å². The second-order valence-corrected chi connectivity index (χ2v) is 8.26.